The lowest BCUT2D eigenvalue weighted by atomic mass is 10.1. The molecule has 0 aliphatic rings. The molecule has 0 spiro atoms. The molecule has 1 aromatic rings. The van der Waals surface area contributed by atoms with E-state index in [4.69, 9.17) is 14.6 Å². The minimum Gasteiger partial charge on any atom is -0.481 e. The van der Waals surface area contributed by atoms with Crippen LogP contribution in [0.3, 0.4) is 0 Å². The largest absolute Gasteiger partial charge is 0.481 e. The van der Waals surface area contributed by atoms with E-state index in [2.05, 4.69) is 5.32 Å². The van der Waals surface area contributed by atoms with Gasteiger partial charge in [0, 0.05) is 5.92 Å². The van der Waals surface area contributed by atoms with Crippen LogP contribution in [0.4, 0.5) is 0 Å². The second kappa shape index (κ2) is 10.9. The number of carbonyl (C=O) groups excluding carboxylic acids is 3. The summed E-state index contributed by atoms with van der Waals surface area (Å²) in [7, 11) is 0. The van der Waals surface area contributed by atoms with Gasteiger partial charge in [-0.3, -0.25) is 9.59 Å². The highest BCUT2D eigenvalue weighted by Gasteiger charge is 2.19. The SMILES string of the molecule is CCC(C)C(=O)NCCOC(=O)c1ccccc1C(=O)OCCC(=O)O. The molecule has 0 aliphatic heterocycles. The van der Waals surface area contributed by atoms with E-state index in [9.17, 15) is 19.2 Å². The number of carbonyl (C=O) groups is 4. The smallest absolute Gasteiger partial charge is 0.339 e. The molecule has 8 nitrogen and oxygen atoms in total. The number of aliphatic carboxylic acids is 1. The Balaban J connectivity index is 2.57. The molecule has 0 saturated carbocycles. The van der Waals surface area contributed by atoms with Gasteiger partial charge in [-0.2, -0.15) is 0 Å². The average Bonchev–Trinajstić information content (AvgIpc) is 2.63. The van der Waals surface area contributed by atoms with Crippen LogP contribution < -0.4 is 5.32 Å². The van der Waals surface area contributed by atoms with E-state index >= 15 is 0 Å². The van der Waals surface area contributed by atoms with Gasteiger partial charge in [-0.05, 0) is 18.6 Å². The van der Waals surface area contributed by atoms with Gasteiger partial charge in [-0.15, -0.1) is 0 Å². The fraction of sp³-hybridized carbons (Fsp3) is 0.444. The fourth-order valence-corrected chi connectivity index (χ4v) is 1.90. The molecule has 0 fully saturated rings. The first-order valence-electron chi connectivity index (χ1n) is 8.29. The summed E-state index contributed by atoms with van der Waals surface area (Å²) in [5.41, 5.74) is 0.00704. The maximum absolute atomic E-state index is 12.1. The summed E-state index contributed by atoms with van der Waals surface area (Å²) < 4.78 is 9.91. The van der Waals surface area contributed by atoms with Gasteiger partial charge >= 0.3 is 17.9 Å². The Labute approximate surface area is 151 Å². The molecule has 1 amide bonds. The minimum absolute atomic E-state index is 0.00784. The maximum atomic E-state index is 12.1. The van der Waals surface area contributed by atoms with Crippen molar-refractivity contribution >= 4 is 23.8 Å². The molecule has 1 rings (SSSR count). The number of esters is 2. The van der Waals surface area contributed by atoms with Gasteiger partial charge in [0.25, 0.3) is 0 Å². The number of hydrogen-bond acceptors (Lipinski definition) is 6. The molecule has 1 unspecified atom stereocenters. The third-order valence-electron chi connectivity index (χ3n) is 3.61. The quantitative estimate of drug-likeness (QED) is 0.478. The lowest BCUT2D eigenvalue weighted by molar-refractivity contribution is -0.137. The molecule has 8 heteroatoms. The zero-order valence-electron chi connectivity index (χ0n) is 14.8. The molecule has 0 aromatic heterocycles. The molecule has 1 aromatic carbocycles. The second-order valence-electron chi connectivity index (χ2n) is 5.56. The van der Waals surface area contributed by atoms with Crippen molar-refractivity contribution in [1.29, 1.82) is 0 Å². The van der Waals surface area contributed by atoms with Crippen molar-refractivity contribution in [2.45, 2.75) is 26.7 Å². The molecule has 1 atom stereocenters. The van der Waals surface area contributed by atoms with Crippen LogP contribution in [-0.4, -0.2) is 48.7 Å². The Morgan fingerprint density at radius 1 is 1.04 bits per heavy atom. The number of carboxylic acid groups (broad SMARTS) is 1. The van der Waals surface area contributed by atoms with Crippen molar-refractivity contribution in [3.05, 3.63) is 35.4 Å². The van der Waals surface area contributed by atoms with Gasteiger partial charge < -0.3 is 19.9 Å². The molecule has 0 saturated heterocycles. The molecule has 0 heterocycles. The summed E-state index contributed by atoms with van der Waals surface area (Å²) in [6, 6.07) is 5.92. The average molecular weight is 365 g/mol. The van der Waals surface area contributed by atoms with Gasteiger partial charge in [-0.1, -0.05) is 26.0 Å². The van der Waals surface area contributed by atoms with E-state index in [0.717, 1.165) is 0 Å². The summed E-state index contributed by atoms with van der Waals surface area (Å²) in [4.78, 5) is 46.2. The number of rotatable bonds is 10. The van der Waals surface area contributed by atoms with Crippen LogP contribution in [0, 0.1) is 5.92 Å². The van der Waals surface area contributed by atoms with Crippen LogP contribution in [0.15, 0.2) is 24.3 Å². The van der Waals surface area contributed by atoms with Crippen LogP contribution in [0.5, 0.6) is 0 Å². The van der Waals surface area contributed by atoms with E-state index in [0.29, 0.717) is 6.42 Å². The number of ether oxygens (including phenoxy) is 2. The first-order valence-corrected chi connectivity index (χ1v) is 8.29. The molecule has 26 heavy (non-hydrogen) atoms. The van der Waals surface area contributed by atoms with E-state index in [1.807, 2.05) is 6.92 Å². The predicted octanol–water partition coefficient (Wildman–Crippen LogP) is 1.64. The van der Waals surface area contributed by atoms with Crippen LogP contribution in [0.2, 0.25) is 0 Å². The minimum atomic E-state index is -1.09. The summed E-state index contributed by atoms with van der Waals surface area (Å²) in [6.45, 7) is 3.53. The topological polar surface area (TPSA) is 119 Å². The monoisotopic (exact) mass is 365 g/mol. The van der Waals surface area contributed by atoms with Crippen LogP contribution in [-0.2, 0) is 19.1 Å². The number of benzene rings is 1. The summed E-state index contributed by atoms with van der Waals surface area (Å²) >= 11 is 0. The van der Waals surface area contributed by atoms with E-state index in [1.165, 1.54) is 12.1 Å². The number of nitrogens with one attached hydrogen (secondary N) is 1. The summed E-state index contributed by atoms with van der Waals surface area (Å²) in [5, 5.41) is 11.2. The van der Waals surface area contributed by atoms with Crippen molar-refractivity contribution in [2.75, 3.05) is 19.8 Å². The molecule has 0 bridgehead atoms. The predicted molar refractivity (Wildman–Crippen MR) is 91.7 cm³/mol. The molecule has 142 valence electrons. The van der Waals surface area contributed by atoms with Crippen molar-refractivity contribution in [3.8, 4) is 0 Å². The zero-order chi connectivity index (χ0) is 19.5. The van der Waals surface area contributed by atoms with Crippen molar-refractivity contribution in [3.63, 3.8) is 0 Å². The number of carboxylic acids is 1. The Morgan fingerprint density at radius 3 is 2.08 bits per heavy atom. The highest BCUT2D eigenvalue weighted by molar-refractivity contribution is 6.03. The van der Waals surface area contributed by atoms with Gasteiger partial charge in [0.05, 0.1) is 24.1 Å². The number of amides is 1. The van der Waals surface area contributed by atoms with Gasteiger partial charge in [0.1, 0.15) is 13.2 Å². The number of hydrogen-bond donors (Lipinski definition) is 2. The maximum Gasteiger partial charge on any atom is 0.339 e. The molecule has 2 N–H and O–H groups in total. The standard InChI is InChI=1S/C18H23NO7/c1-3-12(2)16(22)19-9-11-26-18(24)14-7-5-4-6-13(14)17(23)25-10-8-15(20)21/h4-7,12H,3,8-11H2,1-2H3,(H,19,22)(H,20,21). The molecular weight excluding hydrogens is 342 g/mol. The van der Waals surface area contributed by atoms with Crippen LogP contribution >= 0.6 is 0 Å². The van der Waals surface area contributed by atoms with E-state index in [1.54, 1.807) is 19.1 Å². The Kier molecular flexibility index (Phi) is 8.83. The molecule has 0 radical (unpaired) electrons. The van der Waals surface area contributed by atoms with Gasteiger partial charge in [-0.25, -0.2) is 9.59 Å². The van der Waals surface area contributed by atoms with Crippen LogP contribution in [0.1, 0.15) is 47.4 Å². The first kappa shape index (κ1) is 21.1. The summed E-state index contributed by atoms with van der Waals surface area (Å²) in [6.07, 6.45) is 0.386. The molecular formula is C18H23NO7. The van der Waals surface area contributed by atoms with Gasteiger partial charge in [0.15, 0.2) is 0 Å². The van der Waals surface area contributed by atoms with E-state index < -0.39 is 17.9 Å². The molecule has 0 aliphatic carbocycles. The van der Waals surface area contributed by atoms with Crippen LogP contribution in [0.25, 0.3) is 0 Å². The Morgan fingerprint density at radius 2 is 1.58 bits per heavy atom. The lowest BCUT2D eigenvalue weighted by Crippen LogP contribution is -2.32. The van der Waals surface area contributed by atoms with Crippen molar-refractivity contribution in [1.82, 2.24) is 5.32 Å². The third kappa shape index (κ3) is 6.92. The lowest BCUT2D eigenvalue weighted by Gasteiger charge is -2.11. The fourth-order valence-electron chi connectivity index (χ4n) is 1.90. The highest BCUT2D eigenvalue weighted by Crippen LogP contribution is 2.12. The van der Waals surface area contributed by atoms with E-state index in [-0.39, 0.29) is 49.1 Å². The normalized spacial score (nSPS) is 11.3. The Hall–Kier alpha value is -2.90. The highest BCUT2D eigenvalue weighted by atomic mass is 16.5. The Bertz CT molecular complexity index is 657. The zero-order valence-corrected chi connectivity index (χ0v) is 14.8. The first-order chi connectivity index (χ1) is 12.4. The van der Waals surface area contributed by atoms with Crippen molar-refractivity contribution < 1.29 is 33.8 Å². The van der Waals surface area contributed by atoms with Crippen molar-refractivity contribution in [2.24, 2.45) is 5.92 Å². The van der Waals surface area contributed by atoms with Gasteiger partial charge in [0.2, 0.25) is 5.91 Å². The summed E-state index contributed by atoms with van der Waals surface area (Å²) in [5.74, 6) is -2.86. The third-order valence-corrected chi connectivity index (χ3v) is 3.61. The second-order valence-corrected chi connectivity index (χ2v) is 5.56.